The number of aryl methyl sites for hydroxylation is 1. The van der Waals surface area contributed by atoms with Crippen LogP contribution in [0.15, 0.2) is 34.9 Å². The van der Waals surface area contributed by atoms with E-state index in [1.165, 1.54) is 45.9 Å². The maximum absolute atomic E-state index is 13.7. The monoisotopic (exact) mass is 1220 g/mol. The fraction of sp³-hybridized carbons (Fsp3) is 0.556. The second kappa shape index (κ2) is 22.3. The number of anilines is 3. The zero-order chi connectivity index (χ0) is 58.1. The van der Waals surface area contributed by atoms with Crippen LogP contribution in [-0.4, -0.2) is 189 Å². The molecule has 6 aromatic heterocycles. The van der Waals surface area contributed by atoms with Crippen molar-refractivity contribution in [2.45, 2.75) is 74.4 Å². The Labute approximate surface area is 445 Å². The number of phosphoric ester groups is 3. The molecule has 3 saturated heterocycles. The number of nitrogen functional groups attached to an aromatic ring is 3. The van der Waals surface area contributed by atoms with E-state index >= 15 is 0 Å². The van der Waals surface area contributed by atoms with Crippen molar-refractivity contribution in [1.82, 2.24) is 58.5 Å². The van der Waals surface area contributed by atoms with E-state index < -0.39 is 142 Å². The van der Waals surface area contributed by atoms with Gasteiger partial charge in [-0.1, -0.05) is 4.98 Å². The minimum atomic E-state index is -6.23. The summed E-state index contributed by atoms with van der Waals surface area (Å²) in [6.45, 7) is -2.35. The fourth-order valence-corrected chi connectivity index (χ4v) is 13.5. The number of rotatable bonds is 21. The van der Waals surface area contributed by atoms with Crippen molar-refractivity contribution in [2.24, 2.45) is 13.0 Å². The molecular formula is C36H51N16O24P4+. The molecule has 0 aromatic carbocycles. The summed E-state index contributed by atoms with van der Waals surface area (Å²) in [5.74, 6) is -2.32. The molecule has 0 spiro atoms. The molecule has 40 nitrogen and oxygen atoms in total. The van der Waals surface area contributed by atoms with Gasteiger partial charge in [0.2, 0.25) is 23.6 Å². The maximum atomic E-state index is 13.7. The number of aliphatic hydroxyl groups is 3. The van der Waals surface area contributed by atoms with Crippen molar-refractivity contribution in [3.05, 3.63) is 46.0 Å². The summed E-state index contributed by atoms with van der Waals surface area (Å²) in [5, 5.41) is 33.3. The minimum Gasteiger partial charge on any atom is -0.387 e. The standard InChI is InChI=1S/C36H50N16O24P4/c1-13(53)48(2)5-14-15(71-32(21(14)54)52-12-49(3)20-29(52)45-36(39)47-31(20)58)6-69-78(61,62)75-80(65,66)76-79(63,64)70-8-17-24(25(67-4)34(73-17)50-10-42-18-26(37)40-9-41-27(18)50)74-77(59,60)68-7-16-22(55)23(56)33(72-16)51-11-43-19-28(51)44-35(38)46-30(19)57/h9-12,14-17,21-25,32-34,54-56H,5-8H2,1-4H3,(H11-,37,38,39,40,41,44,45,46,47,57,58,59,60,61,62,63,64,65,66)/p+1/t14-,15-,16-,17-,21-,22-,23-,24-,25-,32-,33-,34-/m1/s1. The molecule has 3 aliphatic heterocycles. The number of aromatic nitrogens is 12. The average Bonchev–Trinajstić information content (AvgIpc) is 4.23. The van der Waals surface area contributed by atoms with E-state index in [4.69, 9.17) is 54.2 Å². The number of aliphatic hydroxyl groups excluding tert-OH is 3. The summed E-state index contributed by atoms with van der Waals surface area (Å²) < 4.78 is 111. The maximum Gasteiger partial charge on any atom is 0.490 e. The van der Waals surface area contributed by atoms with Gasteiger partial charge in [0.15, 0.2) is 41.4 Å². The zero-order valence-electron chi connectivity index (χ0n) is 41.6. The first-order valence-electron chi connectivity index (χ1n) is 23.0. The van der Waals surface area contributed by atoms with Crippen LogP contribution in [0.2, 0.25) is 0 Å². The minimum absolute atomic E-state index is 0.00170. The number of nitrogens with zero attached hydrogens (tertiary/aromatic N) is 11. The Morgan fingerprint density at radius 2 is 1.32 bits per heavy atom. The van der Waals surface area contributed by atoms with Crippen molar-refractivity contribution < 1.29 is 108 Å². The van der Waals surface area contributed by atoms with Gasteiger partial charge in [-0.25, -0.2) is 42.8 Å². The highest BCUT2D eigenvalue weighted by Crippen LogP contribution is 2.68. The number of ether oxygens (including phenoxy) is 4. The molecule has 438 valence electrons. The van der Waals surface area contributed by atoms with Crippen molar-refractivity contribution in [1.29, 1.82) is 0 Å². The van der Waals surface area contributed by atoms with Gasteiger partial charge in [-0.2, -0.15) is 13.6 Å². The van der Waals surface area contributed by atoms with Gasteiger partial charge >= 0.3 is 36.9 Å². The largest absolute Gasteiger partial charge is 0.490 e. The number of nitrogens with two attached hydrogens (primary N) is 3. The van der Waals surface area contributed by atoms with E-state index in [1.807, 2.05) is 0 Å². The average molecular weight is 1220 g/mol. The molecule has 0 saturated carbocycles. The molecule has 0 aliphatic carbocycles. The van der Waals surface area contributed by atoms with Crippen LogP contribution in [0.25, 0.3) is 33.5 Å². The highest BCUT2D eigenvalue weighted by Gasteiger charge is 2.54. The number of H-pyrrole nitrogens is 2. The third kappa shape index (κ3) is 12.0. The Bertz CT molecular complexity index is 3660. The van der Waals surface area contributed by atoms with Gasteiger partial charge in [-0.3, -0.25) is 56.1 Å². The van der Waals surface area contributed by atoms with E-state index in [2.05, 4.69) is 48.5 Å². The molecule has 3 aliphatic rings. The molecule has 0 bridgehead atoms. The number of hydrogen-bond acceptors (Lipinski definition) is 29. The van der Waals surface area contributed by atoms with Gasteiger partial charge < -0.3 is 75.9 Å². The number of aromatic amines is 2. The molecule has 9 rings (SSSR count). The van der Waals surface area contributed by atoms with Gasteiger partial charge in [0, 0.05) is 33.5 Å². The van der Waals surface area contributed by atoms with Crippen LogP contribution in [0.5, 0.6) is 0 Å². The number of carbonyl (C=O) groups excluding carboxylic acids is 1. The highest BCUT2D eigenvalue weighted by atomic mass is 31.3. The Hall–Kier alpha value is -5.64. The van der Waals surface area contributed by atoms with E-state index in [1.54, 1.807) is 0 Å². The molecule has 16 atom stereocenters. The number of methoxy groups -OCH3 is 1. The molecule has 0 radical (unpaired) electrons. The molecule has 1 amide bonds. The number of imidazole rings is 3. The normalized spacial score (nSPS) is 29.2. The van der Waals surface area contributed by atoms with E-state index in [-0.39, 0.29) is 57.8 Å². The summed E-state index contributed by atoms with van der Waals surface area (Å²) in [5.41, 5.74) is 15.6. The molecule has 4 unspecified atom stereocenters. The van der Waals surface area contributed by atoms with Gasteiger partial charge in [-0.15, -0.1) is 0 Å². The van der Waals surface area contributed by atoms with Crippen LogP contribution in [-0.2, 0) is 75.8 Å². The predicted molar refractivity (Wildman–Crippen MR) is 260 cm³/mol. The van der Waals surface area contributed by atoms with Crippen LogP contribution in [0.1, 0.15) is 25.6 Å². The summed E-state index contributed by atoms with van der Waals surface area (Å²) >= 11 is 0. The lowest BCUT2D eigenvalue weighted by Crippen LogP contribution is -2.46. The summed E-state index contributed by atoms with van der Waals surface area (Å²) in [6, 6.07) is 0. The van der Waals surface area contributed by atoms with Crippen LogP contribution < -0.4 is 32.9 Å². The van der Waals surface area contributed by atoms with Crippen molar-refractivity contribution in [3.63, 3.8) is 0 Å². The van der Waals surface area contributed by atoms with Gasteiger partial charge in [0.1, 0.15) is 54.6 Å². The number of nitrogens with one attached hydrogen (secondary N) is 2. The quantitative estimate of drug-likeness (QED) is 0.0242. The lowest BCUT2D eigenvalue weighted by Gasteiger charge is -2.26. The molecule has 44 heteroatoms. The van der Waals surface area contributed by atoms with Crippen molar-refractivity contribution in [3.8, 4) is 0 Å². The number of amides is 1. The molecular weight excluding hydrogens is 1160 g/mol. The molecule has 15 N–H and O–H groups in total. The molecule has 9 heterocycles. The summed E-state index contributed by atoms with van der Waals surface area (Å²) in [6.07, 6.45) is -13.3. The van der Waals surface area contributed by atoms with Crippen LogP contribution in [0, 0.1) is 5.92 Å². The third-order valence-electron chi connectivity index (χ3n) is 12.8. The van der Waals surface area contributed by atoms with Gasteiger partial charge in [-0.05, 0) is 0 Å². The number of phosphoric acid groups is 4. The van der Waals surface area contributed by atoms with Crippen LogP contribution in [0.3, 0.4) is 0 Å². The lowest BCUT2D eigenvalue weighted by atomic mass is 9.97. The Kier molecular flexibility index (Phi) is 16.4. The van der Waals surface area contributed by atoms with E-state index in [0.717, 1.165) is 30.7 Å². The van der Waals surface area contributed by atoms with Gasteiger partial charge in [0.25, 0.3) is 17.1 Å². The summed E-state index contributed by atoms with van der Waals surface area (Å²) in [7, 11) is -19.6. The third-order valence-corrected chi connectivity index (χ3v) is 18.0. The van der Waals surface area contributed by atoms with Crippen LogP contribution >= 0.6 is 31.3 Å². The first kappa shape index (κ1) is 59.0. The van der Waals surface area contributed by atoms with E-state index in [0.29, 0.717) is 0 Å². The number of fused-ring (bicyclic) bond motifs is 3. The van der Waals surface area contributed by atoms with E-state index in [9.17, 15) is 67.5 Å². The summed E-state index contributed by atoms with van der Waals surface area (Å²) in [4.78, 5) is 110. The SMILES string of the molecule is CO[C@@H]1[C@H](OP(=O)(O)OC[C@H]2O[C@@H](n3cnc4c(=O)[nH]c(N)nc43)[C@H](O)[C@@H]2O)[C@@H](COP(=O)(O)OP(=O)(O)OP(=O)(O)OC[C@H]2O[C@@H]([n+]3cn(C)c4c(=O)[nH]c(N)nc43)[C@H](O)[C@@H]2CN(C)C(C)=O)O[C@H]1n1cnc2c(N)ncnc21. The Morgan fingerprint density at radius 1 is 0.738 bits per heavy atom. The lowest BCUT2D eigenvalue weighted by molar-refractivity contribution is -0.745. The predicted octanol–water partition coefficient (Wildman–Crippen LogP) is -3.98. The Morgan fingerprint density at radius 3 is 1.99 bits per heavy atom. The molecule has 3 fully saturated rings. The fourth-order valence-electron chi connectivity index (χ4n) is 9.05. The zero-order valence-corrected chi connectivity index (χ0v) is 45.2. The van der Waals surface area contributed by atoms with Crippen molar-refractivity contribution in [2.75, 3.05) is 57.7 Å². The highest BCUT2D eigenvalue weighted by molar-refractivity contribution is 7.66. The first-order valence-corrected chi connectivity index (χ1v) is 29.0. The second-order valence-electron chi connectivity index (χ2n) is 18.0. The van der Waals surface area contributed by atoms with Crippen molar-refractivity contribution >= 4 is 88.4 Å². The number of hydrogen-bond donors (Lipinski definition) is 12. The second-order valence-corrected chi connectivity index (χ2v) is 24.1. The molecule has 80 heavy (non-hydrogen) atoms. The smallest absolute Gasteiger partial charge is 0.387 e. The van der Waals surface area contributed by atoms with Gasteiger partial charge in [0.05, 0.1) is 45.6 Å². The first-order chi connectivity index (χ1) is 37.5. The Balaban J connectivity index is 0.879. The molecule has 6 aromatic rings. The number of carbonyl (C=O) groups is 1. The topological polar surface area (TPSA) is 562 Å². The van der Waals surface area contributed by atoms with Crippen LogP contribution in [0.4, 0.5) is 17.7 Å².